The predicted octanol–water partition coefficient (Wildman–Crippen LogP) is 4.77. The van der Waals surface area contributed by atoms with E-state index in [1.54, 1.807) is 11.8 Å². The standard InChI is InChI=1S/C18H16N4S/c19-12-6-7-13-23-18-21-16-11-5-4-10-15(16)17(22-18)20-14-8-2-1-3-9-14/h1-5,8-11H,6-7,13H2,(H,20,21,22). The van der Waals surface area contributed by atoms with Crippen LogP contribution in [-0.4, -0.2) is 15.7 Å². The summed E-state index contributed by atoms with van der Waals surface area (Å²) in [5.41, 5.74) is 1.92. The van der Waals surface area contributed by atoms with Crippen molar-refractivity contribution < 1.29 is 0 Å². The molecule has 5 heteroatoms. The first-order chi connectivity index (χ1) is 11.4. The van der Waals surface area contributed by atoms with Gasteiger partial charge in [0.05, 0.1) is 11.6 Å². The first kappa shape index (κ1) is 15.3. The van der Waals surface area contributed by atoms with E-state index in [0.717, 1.165) is 39.7 Å². The average Bonchev–Trinajstić information content (AvgIpc) is 2.60. The van der Waals surface area contributed by atoms with E-state index in [1.165, 1.54) is 0 Å². The number of hydrogen-bond donors (Lipinski definition) is 1. The molecule has 0 bridgehead atoms. The fourth-order valence-corrected chi connectivity index (χ4v) is 2.98. The zero-order valence-corrected chi connectivity index (χ0v) is 13.4. The molecule has 114 valence electrons. The van der Waals surface area contributed by atoms with Crippen molar-refractivity contribution in [2.24, 2.45) is 0 Å². The van der Waals surface area contributed by atoms with E-state index in [9.17, 15) is 0 Å². The van der Waals surface area contributed by atoms with Crippen LogP contribution in [0.25, 0.3) is 10.9 Å². The molecular formula is C18H16N4S. The lowest BCUT2D eigenvalue weighted by atomic mass is 10.2. The summed E-state index contributed by atoms with van der Waals surface area (Å²) in [7, 11) is 0. The molecule has 0 radical (unpaired) electrons. The molecule has 0 saturated carbocycles. The molecule has 23 heavy (non-hydrogen) atoms. The summed E-state index contributed by atoms with van der Waals surface area (Å²) in [6.45, 7) is 0. The van der Waals surface area contributed by atoms with Crippen LogP contribution in [0.5, 0.6) is 0 Å². The molecule has 0 fully saturated rings. The number of unbranched alkanes of at least 4 members (excludes halogenated alkanes) is 1. The van der Waals surface area contributed by atoms with E-state index in [2.05, 4.69) is 21.4 Å². The Bertz CT molecular complexity index is 827. The largest absolute Gasteiger partial charge is 0.340 e. The number of para-hydroxylation sites is 2. The fraction of sp³-hybridized carbons (Fsp3) is 0.167. The van der Waals surface area contributed by atoms with Crippen molar-refractivity contribution in [3.63, 3.8) is 0 Å². The van der Waals surface area contributed by atoms with Gasteiger partial charge in [0.25, 0.3) is 0 Å². The molecular weight excluding hydrogens is 304 g/mol. The van der Waals surface area contributed by atoms with E-state index >= 15 is 0 Å². The molecule has 3 rings (SSSR count). The van der Waals surface area contributed by atoms with Gasteiger partial charge in [-0.15, -0.1) is 0 Å². The summed E-state index contributed by atoms with van der Waals surface area (Å²) in [6, 6.07) is 20.1. The Kier molecular flexibility index (Phi) is 5.07. The second-order valence-corrected chi connectivity index (χ2v) is 6.04. The third-order valence-electron chi connectivity index (χ3n) is 3.28. The Balaban J connectivity index is 1.89. The van der Waals surface area contributed by atoms with Crippen LogP contribution in [0.2, 0.25) is 0 Å². The van der Waals surface area contributed by atoms with E-state index in [1.807, 2.05) is 54.6 Å². The smallest absolute Gasteiger partial charge is 0.190 e. The van der Waals surface area contributed by atoms with Crippen LogP contribution in [0.1, 0.15) is 12.8 Å². The molecule has 1 aromatic heterocycles. The third-order valence-corrected chi connectivity index (χ3v) is 4.22. The number of anilines is 2. The Labute approximate surface area is 139 Å². The van der Waals surface area contributed by atoms with Crippen molar-refractivity contribution in [3.8, 4) is 6.07 Å². The first-order valence-electron chi connectivity index (χ1n) is 7.45. The van der Waals surface area contributed by atoms with Gasteiger partial charge in [0, 0.05) is 23.2 Å². The first-order valence-corrected chi connectivity index (χ1v) is 8.44. The van der Waals surface area contributed by atoms with Gasteiger partial charge >= 0.3 is 0 Å². The maximum atomic E-state index is 8.61. The van der Waals surface area contributed by atoms with Crippen molar-refractivity contribution in [1.82, 2.24) is 9.97 Å². The molecule has 2 aromatic carbocycles. The van der Waals surface area contributed by atoms with E-state index in [0.29, 0.717) is 6.42 Å². The molecule has 0 aliphatic carbocycles. The van der Waals surface area contributed by atoms with Gasteiger partial charge in [-0.05, 0) is 30.7 Å². The lowest BCUT2D eigenvalue weighted by Crippen LogP contribution is -1.98. The molecule has 0 unspecified atom stereocenters. The van der Waals surface area contributed by atoms with Gasteiger partial charge in [0.15, 0.2) is 5.16 Å². The fourth-order valence-electron chi connectivity index (χ4n) is 2.19. The highest BCUT2D eigenvalue weighted by Crippen LogP contribution is 2.27. The summed E-state index contributed by atoms with van der Waals surface area (Å²) in [6.07, 6.45) is 1.41. The van der Waals surface area contributed by atoms with Crippen molar-refractivity contribution >= 4 is 34.2 Å². The predicted molar refractivity (Wildman–Crippen MR) is 94.8 cm³/mol. The summed E-state index contributed by atoms with van der Waals surface area (Å²) < 4.78 is 0. The quantitative estimate of drug-likeness (QED) is 0.403. The number of aromatic nitrogens is 2. The lowest BCUT2D eigenvalue weighted by molar-refractivity contribution is 0.961. The molecule has 1 heterocycles. The zero-order valence-electron chi connectivity index (χ0n) is 12.6. The highest BCUT2D eigenvalue weighted by molar-refractivity contribution is 7.99. The van der Waals surface area contributed by atoms with Crippen molar-refractivity contribution in [2.75, 3.05) is 11.1 Å². The maximum absolute atomic E-state index is 8.61. The highest BCUT2D eigenvalue weighted by Gasteiger charge is 2.08. The number of benzene rings is 2. The number of hydrogen-bond acceptors (Lipinski definition) is 5. The van der Waals surface area contributed by atoms with E-state index in [-0.39, 0.29) is 0 Å². The Morgan fingerprint density at radius 1 is 1.00 bits per heavy atom. The number of nitriles is 1. The number of nitrogens with zero attached hydrogens (tertiary/aromatic N) is 3. The lowest BCUT2D eigenvalue weighted by Gasteiger charge is -2.10. The van der Waals surface area contributed by atoms with Gasteiger partial charge in [-0.25, -0.2) is 9.97 Å². The summed E-state index contributed by atoms with van der Waals surface area (Å²) in [5, 5.41) is 13.7. The number of rotatable bonds is 6. The number of thioether (sulfide) groups is 1. The van der Waals surface area contributed by atoms with Gasteiger partial charge in [0.1, 0.15) is 5.82 Å². The zero-order chi connectivity index (χ0) is 15.9. The van der Waals surface area contributed by atoms with Crippen LogP contribution in [0.15, 0.2) is 59.8 Å². The summed E-state index contributed by atoms with van der Waals surface area (Å²) >= 11 is 1.59. The molecule has 0 aliphatic heterocycles. The van der Waals surface area contributed by atoms with Crippen molar-refractivity contribution in [1.29, 1.82) is 5.26 Å². The Morgan fingerprint density at radius 3 is 2.61 bits per heavy atom. The molecule has 1 N–H and O–H groups in total. The molecule has 3 aromatic rings. The summed E-state index contributed by atoms with van der Waals surface area (Å²) in [4.78, 5) is 9.26. The van der Waals surface area contributed by atoms with Crippen LogP contribution in [-0.2, 0) is 0 Å². The highest BCUT2D eigenvalue weighted by atomic mass is 32.2. The summed E-state index contributed by atoms with van der Waals surface area (Å²) in [5.74, 6) is 1.65. The average molecular weight is 320 g/mol. The van der Waals surface area contributed by atoms with Crippen LogP contribution in [0.4, 0.5) is 11.5 Å². The Hall–Kier alpha value is -2.58. The minimum Gasteiger partial charge on any atom is -0.340 e. The van der Waals surface area contributed by atoms with Crippen molar-refractivity contribution in [3.05, 3.63) is 54.6 Å². The minimum absolute atomic E-state index is 0.565. The molecule has 0 spiro atoms. The molecule has 0 amide bonds. The van der Waals surface area contributed by atoms with Crippen molar-refractivity contribution in [2.45, 2.75) is 18.0 Å². The second kappa shape index (κ2) is 7.61. The van der Waals surface area contributed by atoms with Crippen LogP contribution in [0.3, 0.4) is 0 Å². The van der Waals surface area contributed by atoms with Gasteiger partial charge in [0.2, 0.25) is 0 Å². The molecule has 0 saturated heterocycles. The molecule has 0 aliphatic rings. The van der Waals surface area contributed by atoms with Gasteiger partial charge in [-0.2, -0.15) is 5.26 Å². The van der Waals surface area contributed by atoms with Crippen LogP contribution < -0.4 is 5.32 Å². The Morgan fingerprint density at radius 2 is 1.78 bits per heavy atom. The second-order valence-electron chi connectivity index (χ2n) is 4.97. The molecule has 4 nitrogen and oxygen atoms in total. The minimum atomic E-state index is 0.565. The van der Waals surface area contributed by atoms with Gasteiger partial charge in [-0.1, -0.05) is 42.1 Å². The molecule has 0 atom stereocenters. The number of fused-ring (bicyclic) bond motifs is 1. The van der Waals surface area contributed by atoms with Crippen LogP contribution >= 0.6 is 11.8 Å². The topological polar surface area (TPSA) is 61.6 Å². The SMILES string of the molecule is N#CCCCSc1nc(Nc2ccccc2)c2ccccc2n1. The third kappa shape index (κ3) is 3.99. The maximum Gasteiger partial charge on any atom is 0.190 e. The number of nitrogens with one attached hydrogen (secondary N) is 1. The van der Waals surface area contributed by atoms with Crippen LogP contribution in [0, 0.1) is 11.3 Å². The van der Waals surface area contributed by atoms with Gasteiger partial charge < -0.3 is 5.32 Å². The normalized spacial score (nSPS) is 10.4. The van der Waals surface area contributed by atoms with Gasteiger partial charge in [-0.3, -0.25) is 0 Å². The van der Waals surface area contributed by atoms with E-state index in [4.69, 9.17) is 5.26 Å². The monoisotopic (exact) mass is 320 g/mol. The van der Waals surface area contributed by atoms with E-state index < -0.39 is 0 Å².